The molecule has 1 N–H and O–H groups in total. The van der Waals surface area contributed by atoms with E-state index in [2.05, 4.69) is 5.32 Å². The molecule has 2 heterocycles. The molecule has 0 saturated carbocycles. The van der Waals surface area contributed by atoms with Crippen molar-refractivity contribution in [1.29, 1.82) is 0 Å². The summed E-state index contributed by atoms with van der Waals surface area (Å²) < 4.78 is 44.4. The number of morpholine rings is 1. The molecule has 2 atom stereocenters. The van der Waals surface area contributed by atoms with Crippen LogP contribution in [0.15, 0.2) is 54.6 Å². The average molecular weight is 476 g/mol. The SMILES string of the molecule is O=C(CC1CC(c2ccc(C(F)(F)F)cc2)CN(C(=O)N2CCOCC2)C1)Nc1ccccc1. The van der Waals surface area contributed by atoms with Gasteiger partial charge in [0, 0.05) is 44.2 Å². The maximum Gasteiger partial charge on any atom is 0.416 e. The predicted octanol–water partition coefficient (Wildman–Crippen LogP) is 4.59. The second-order valence-electron chi connectivity index (χ2n) is 8.82. The topological polar surface area (TPSA) is 61.9 Å². The number of carbonyl (C=O) groups is 2. The lowest BCUT2D eigenvalue weighted by Crippen LogP contribution is -2.52. The van der Waals surface area contributed by atoms with Crippen molar-refractivity contribution in [3.05, 3.63) is 65.7 Å². The molecule has 2 aromatic carbocycles. The van der Waals surface area contributed by atoms with E-state index in [-0.39, 0.29) is 30.2 Å². The summed E-state index contributed by atoms with van der Waals surface area (Å²) in [5.41, 5.74) is 0.733. The Bertz CT molecular complexity index is 976. The first-order valence-corrected chi connectivity index (χ1v) is 11.4. The molecule has 34 heavy (non-hydrogen) atoms. The number of hydrogen-bond donors (Lipinski definition) is 1. The molecule has 0 bridgehead atoms. The van der Waals surface area contributed by atoms with Crippen LogP contribution in [0.1, 0.15) is 29.9 Å². The molecular formula is C25H28F3N3O3. The van der Waals surface area contributed by atoms with Crippen molar-refractivity contribution in [3.63, 3.8) is 0 Å². The van der Waals surface area contributed by atoms with Gasteiger partial charge in [0.15, 0.2) is 0 Å². The zero-order valence-corrected chi connectivity index (χ0v) is 18.8. The highest BCUT2D eigenvalue weighted by Crippen LogP contribution is 2.35. The lowest BCUT2D eigenvalue weighted by atomic mass is 9.82. The summed E-state index contributed by atoms with van der Waals surface area (Å²) in [6, 6.07) is 14.1. The van der Waals surface area contributed by atoms with Crippen LogP contribution in [0, 0.1) is 5.92 Å². The van der Waals surface area contributed by atoms with Crippen LogP contribution in [0.2, 0.25) is 0 Å². The molecule has 2 saturated heterocycles. The Kier molecular flexibility index (Phi) is 7.41. The van der Waals surface area contributed by atoms with E-state index >= 15 is 0 Å². The maximum atomic E-state index is 13.2. The van der Waals surface area contributed by atoms with Crippen LogP contribution in [0.5, 0.6) is 0 Å². The molecule has 2 aliphatic rings. The highest BCUT2D eigenvalue weighted by atomic mass is 19.4. The third-order valence-corrected chi connectivity index (χ3v) is 6.33. The highest BCUT2D eigenvalue weighted by molar-refractivity contribution is 5.90. The first kappa shape index (κ1) is 24.1. The van der Waals surface area contributed by atoms with Crippen molar-refractivity contribution >= 4 is 17.6 Å². The average Bonchev–Trinajstić information content (AvgIpc) is 2.84. The predicted molar refractivity (Wildman–Crippen MR) is 121 cm³/mol. The molecule has 9 heteroatoms. The number of carbonyl (C=O) groups excluding carboxylic acids is 2. The maximum absolute atomic E-state index is 13.2. The number of likely N-dealkylation sites (tertiary alicyclic amines) is 1. The van der Waals surface area contributed by atoms with Gasteiger partial charge >= 0.3 is 12.2 Å². The fourth-order valence-corrected chi connectivity index (χ4v) is 4.64. The zero-order chi connectivity index (χ0) is 24.1. The number of benzene rings is 2. The van der Waals surface area contributed by atoms with E-state index < -0.39 is 11.7 Å². The van der Waals surface area contributed by atoms with Gasteiger partial charge < -0.3 is 19.9 Å². The summed E-state index contributed by atoms with van der Waals surface area (Å²) in [4.78, 5) is 29.3. The van der Waals surface area contributed by atoms with Gasteiger partial charge in [0.05, 0.1) is 18.8 Å². The van der Waals surface area contributed by atoms with Crippen LogP contribution in [0.4, 0.5) is 23.7 Å². The summed E-state index contributed by atoms with van der Waals surface area (Å²) in [7, 11) is 0. The molecule has 0 radical (unpaired) electrons. The molecule has 3 amide bonds. The number of hydrogen-bond acceptors (Lipinski definition) is 3. The standard InChI is InChI=1S/C25H28F3N3O3/c26-25(27,28)21-8-6-19(7-9-21)20-14-18(15-23(32)29-22-4-2-1-3-5-22)16-31(17-20)24(33)30-10-12-34-13-11-30/h1-9,18,20H,10-17H2,(H,29,32). The Morgan fingerprint density at radius 3 is 2.26 bits per heavy atom. The number of amides is 3. The number of piperidine rings is 1. The summed E-state index contributed by atoms with van der Waals surface area (Å²) in [6.07, 6.45) is -3.57. The molecule has 182 valence electrons. The van der Waals surface area contributed by atoms with Crippen LogP contribution in [-0.4, -0.2) is 61.1 Å². The minimum atomic E-state index is -4.40. The zero-order valence-electron chi connectivity index (χ0n) is 18.8. The number of urea groups is 1. The van der Waals surface area contributed by atoms with Crippen LogP contribution >= 0.6 is 0 Å². The Labute approximate surface area is 196 Å². The monoisotopic (exact) mass is 475 g/mol. The number of rotatable bonds is 4. The number of halogens is 3. The van der Waals surface area contributed by atoms with Crippen molar-refractivity contribution < 1.29 is 27.5 Å². The van der Waals surface area contributed by atoms with E-state index in [0.29, 0.717) is 51.5 Å². The fraction of sp³-hybridized carbons (Fsp3) is 0.440. The van der Waals surface area contributed by atoms with Gasteiger partial charge in [-0.2, -0.15) is 13.2 Å². The summed E-state index contributed by atoms with van der Waals surface area (Å²) in [5, 5.41) is 2.88. The van der Waals surface area contributed by atoms with Gasteiger partial charge in [0.2, 0.25) is 5.91 Å². The molecule has 6 nitrogen and oxygen atoms in total. The van der Waals surface area contributed by atoms with Gasteiger partial charge in [-0.15, -0.1) is 0 Å². The van der Waals surface area contributed by atoms with Crippen molar-refractivity contribution in [2.24, 2.45) is 5.92 Å². The Morgan fingerprint density at radius 2 is 1.62 bits per heavy atom. The van der Waals surface area contributed by atoms with E-state index in [9.17, 15) is 22.8 Å². The van der Waals surface area contributed by atoms with Gasteiger partial charge in [0.25, 0.3) is 0 Å². The van der Waals surface area contributed by atoms with Gasteiger partial charge in [-0.3, -0.25) is 4.79 Å². The number of alkyl halides is 3. The lowest BCUT2D eigenvalue weighted by Gasteiger charge is -2.41. The lowest BCUT2D eigenvalue weighted by molar-refractivity contribution is -0.137. The molecule has 0 aromatic heterocycles. The molecule has 2 aromatic rings. The largest absolute Gasteiger partial charge is 0.416 e. The molecule has 0 spiro atoms. The van der Waals surface area contributed by atoms with Crippen LogP contribution in [0.3, 0.4) is 0 Å². The highest BCUT2D eigenvalue weighted by Gasteiger charge is 2.35. The number of nitrogens with one attached hydrogen (secondary N) is 1. The first-order chi connectivity index (χ1) is 16.3. The van der Waals surface area contributed by atoms with Crippen molar-refractivity contribution in [1.82, 2.24) is 9.80 Å². The minimum Gasteiger partial charge on any atom is -0.378 e. The Morgan fingerprint density at radius 1 is 0.941 bits per heavy atom. The Hall–Kier alpha value is -3.07. The third-order valence-electron chi connectivity index (χ3n) is 6.33. The molecule has 4 rings (SSSR count). The summed E-state index contributed by atoms with van der Waals surface area (Å²) in [5.74, 6) is -0.423. The van der Waals surface area contributed by atoms with Gasteiger partial charge in [-0.25, -0.2) is 4.79 Å². The van der Waals surface area contributed by atoms with E-state index in [1.165, 1.54) is 12.1 Å². The van der Waals surface area contributed by atoms with E-state index in [0.717, 1.165) is 17.7 Å². The van der Waals surface area contributed by atoms with Crippen molar-refractivity contribution in [2.45, 2.75) is 24.9 Å². The minimum absolute atomic E-state index is 0.116. The van der Waals surface area contributed by atoms with Crippen molar-refractivity contribution in [2.75, 3.05) is 44.7 Å². The number of para-hydroxylation sites is 1. The van der Waals surface area contributed by atoms with Gasteiger partial charge in [-0.05, 0) is 42.2 Å². The molecule has 2 unspecified atom stereocenters. The normalized spacial score (nSPS) is 21.3. The summed E-state index contributed by atoms with van der Waals surface area (Å²) in [6.45, 7) is 2.78. The number of anilines is 1. The second kappa shape index (κ2) is 10.5. The molecular weight excluding hydrogens is 447 g/mol. The molecule has 2 fully saturated rings. The summed E-state index contributed by atoms with van der Waals surface area (Å²) >= 11 is 0. The van der Waals surface area contributed by atoms with E-state index in [1.54, 1.807) is 21.9 Å². The third kappa shape index (κ3) is 6.08. The molecule has 2 aliphatic heterocycles. The van der Waals surface area contributed by atoms with Crippen LogP contribution in [-0.2, 0) is 15.7 Å². The van der Waals surface area contributed by atoms with Crippen LogP contribution in [0.25, 0.3) is 0 Å². The quantitative estimate of drug-likeness (QED) is 0.704. The molecule has 0 aliphatic carbocycles. The first-order valence-electron chi connectivity index (χ1n) is 11.4. The second-order valence-corrected chi connectivity index (χ2v) is 8.82. The number of nitrogens with zero attached hydrogens (tertiary/aromatic N) is 2. The van der Waals surface area contributed by atoms with Crippen molar-refractivity contribution in [3.8, 4) is 0 Å². The smallest absolute Gasteiger partial charge is 0.378 e. The Balaban J connectivity index is 1.49. The fourth-order valence-electron chi connectivity index (χ4n) is 4.64. The van der Waals surface area contributed by atoms with Gasteiger partial charge in [-0.1, -0.05) is 30.3 Å². The van der Waals surface area contributed by atoms with Crippen LogP contribution < -0.4 is 5.32 Å². The van der Waals surface area contributed by atoms with E-state index in [4.69, 9.17) is 4.74 Å². The van der Waals surface area contributed by atoms with E-state index in [1.807, 2.05) is 18.2 Å². The number of ether oxygens (including phenoxy) is 1. The van der Waals surface area contributed by atoms with Gasteiger partial charge in [0.1, 0.15) is 0 Å².